The highest BCUT2D eigenvalue weighted by Gasteiger charge is 2.39. The fraction of sp³-hybridized carbons (Fsp3) is 0.765. The standard InChI is InChI=1S/C17H28N4O4/c1-5-8-19(3)15(22)10-20(4)17(24)14-7-6-9-21(14)16(23)13-11-25-12(2)18-13/h13-14H,5-11H2,1-4H3/t13?,14-/m0/s1. The molecule has 0 N–H and O–H groups in total. The maximum Gasteiger partial charge on any atom is 0.251 e. The van der Waals surface area contributed by atoms with Crippen LogP contribution in [0.5, 0.6) is 0 Å². The van der Waals surface area contributed by atoms with E-state index in [1.54, 1.807) is 30.8 Å². The van der Waals surface area contributed by atoms with Gasteiger partial charge in [0.05, 0.1) is 6.54 Å². The van der Waals surface area contributed by atoms with Gasteiger partial charge in [0.25, 0.3) is 5.91 Å². The van der Waals surface area contributed by atoms with Crippen molar-refractivity contribution < 1.29 is 19.1 Å². The second kappa shape index (κ2) is 8.31. The number of amides is 3. The lowest BCUT2D eigenvalue weighted by Gasteiger charge is -2.29. The third-order valence-corrected chi connectivity index (χ3v) is 4.63. The molecule has 8 heteroatoms. The number of carbonyl (C=O) groups is 3. The molecular weight excluding hydrogens is 324 g/mol. The Hall–Kier alpha value is -2.12. The highest BCUT2D eigenvalue weighted by molar-refractivity contribution is 5.93. The highest BCUT2D eigenvalue weighted by Crippen LogP contribution is 2.22. The lowest BCUT2D eigenvalue weighted by atomic mass is 10.1. The van der Waals surface area contributed by atoms with Gasteiger partial charge in [-0.15, -0.1) is 0 Å². The fourth-order valence-electron chi connectivity index (χ4n) is 3.21. The van der Waals surface area contributed by atoms with E-state index >= 15 is 0 Å². The van der Waals surface area contributed by atoms with Crippen molar-refractivity contribution in [3.63, 3.8) is 0 Å². The summed E-state index contributed by atoms with van der Waals surface area (Å²) in [6.07, 6.45) is 2.26. The van der Waals surface area contributed by atoms with Crippen LogP contribution in [0.3, 0.4) is 0 Å². The van der Waals surface area contributed by atoms with Gasteiger partial charge in [-0.1, -0.05) is 6.92 Å². The summed E-state index contributed by atoms with van der Waals surface area (Å²) in [5, 5.41) is 0. The predicted molar refractivity (Wildman–Crippen MR) is 93.1 cm³/mol. The molecule has 2 aliphatic heterocycles. The third-order valence-electron chi connectivity index (χ3n) is 4.63. The van der Waals surface area contributed by atoms with Crippen LogP contribution in [0.2, 0.25) is 0 Å². The van der Waals surface area contributed by atoms with Crippen LogP contribution in [0.4, 0.5) is 0 Å². The first-order valence-corrected chi connectivity index (χ1v) is 8.81. The van der Waals surface area contributed by atoms with Crippen LogP contribution >= 0.6 is 0 Å². The molecule has 1 unspecified atom stereocenters. The second-order valence-corrected chi connectivity index (χ2v) is 6.67. The van der Waals surface area contributed by atoms with Crippen molar-refractivity contribution in [2.24, 2.45) is 4.99 Å². The smallest absolute Gasteiger partial charge is 0.251 e. The zero-order valence-corrected chi connectivity index (χ0v) is 15.5. The number of ether oxygens (including phenoxy) is 1. The summed E-state index contributed by atoms with van der Waals surface area (Å²) in [5.41, 5.74) is 0. The Labute approximate surface area is 148 Å². The molecule has 140 valence electrons. The quantitative estimate of drug-likeness (QED) is 0.680. The van der Waals surface area contributed by atoms with Crippen LogP contribution < -0.4 is 0 Å². The SMILES string of the molecule is CCCN(C)C(=O)CN(C)C(=O)[C@@H]1CCCN1C(=O)C1COC(C)=N1. The van der Waals surface area contributed by atoms with Gasteiger partial charge in [-0.05, 0) is 19.3 Å². The number of carbonyl (C=O) groups excluding carboxylic acids is 3. The van der Waals surface area contributed by atoms with Gasteiger partial charge < -0.3 is 19.4 Å². The first kappa shape index (κ1) is 19.2. The van der Waals surface area contributed by atoms with E-state index in [1.807, 2.05) is 6.92 Å². The normalized spacial score (nSPS) is 22.4. The summed E-state index contributed by atoms with van der Waals surface area (Å²) in [7, 11) is 3.35. The van der Waals surface area contributed by atoms with E-state index in [2.05, 4.69) is 4.99 Å². The van der Waals surface area contributed by atoms with Crippen LogP contribution in [-0.2, 0) is 19.1 Å². The molecule has 0 aromatic carbocycles. The maximum atomic E-state index is 12.7. The summed E-state index contributed by atoms with van der Waals surface area (Å²) in [5.74, 6) is 0.0410. The Morgan fingerprint density at radius 1 is 1.28 bits per heavy atom. The third kappa shape index (κ3) is 4.49. The average Bonchev–Trinajstić information content (AvgIpc) is 3.22. The lowest BCUT2D eigenvalue weighted by molar-refractivity contribution is -0.146. The second-order valence-electron chi connectivity index (χ2n) is 6.67. The molecule has 0 aromatic rings. The van der Waals surface area contributed by atoms with E-state index in [1.165, 1.54) is 4.90 Å². The first-order valence-electron chi connectivity index (χ1n) is 8.81. The van der Waals surface area contributed by atoms with Crippen LogP contribution in [-0.4, -0.2) is 90.7 Å². The summed E-state index contributed by atoms with van der Waals surface area (Å²) in [6.45, 7) is 5.17. The summed E-state index contributed by atoms with van der Waals surface area (Å²) in [4.78, 5) is 46.3. The van der Waals surface area contributed by atoms with Crippen LogP contribution in [0.15, 0.2) is 4.99 Å². The zero-order valence-electron chi connectivity index (χ0n) is 15.5. The molecule has 2 rings (SSSR count). The van der Waals surface area contributed by atoms with Crippen molar-refractivity contribution in [3.05, 3.63) is 0 Å². The van der Waals surface area contributed by atoms with Gasteiger partial charge in [-0.3, -0.25) is 14.4 Å². The van der Waals surface area contributed by atoms with E-state index in [4.69, 9.17) is 4.74 Å². The van der Waals surface area contributed by atoms with Gasteiger partial charge in [0.15, 0.2) is 11.9 Å². The number of likely N-dealkylation sites (tertiary alicyclic amines) is 1. The van der Waals surface area contributed by atoms with E-state index < -0.39 is 12.1 Å². The molecule has 2 atom stereocenters. The molecule has 8 nitrogen and oxygen atoms in total. The molecule has 3 amide bonds. The number of likely N-dealkylation sites (N-methyl/N-ethyl adjacent to an activating group) is 2. The molecule has 1 fully saturated rings. The van der Waals surface area contributed by atoms with Crippen molar-refractivity contribution in [1.29, 1.82) is 0 Å². The van der Waals surface area contributed by atoms with Crippen molar-refractivity contribution in [2.75, 3.05) is 40.3 Å². The molecule has 25 heavy (non-hydrogen) atoms. The topological polar surface area (TPSA) is 82.5 Å². The van der Waals surface area contributed by atoms with Gasteiger partial charge in [0.2, 0.25) is 11.8 Å². The molecule has 0 radical (unpaired) electrons. The van der Waals surface area contributed by atoms with Gasteiger partial charge in [-0.2, -0.15) is 0 Å². The minimum Gasteiger partial charge on any atom is -0.478 e. The minimum atomic E-state index is -0.559. The number of hydrogen-bond acceptors (Lipinski definition) is 5. The number of hydrogen-bond donors (Lipinski definition) is 0. The van der Waals surface area contributed by atoms with Crippen molar-refractivity contribution in [1.82, 2.24) is 14.7 Å². The van der Waals surface area contributed by atoms with Crippen molar-refractivity contribution in [3.8, 4) is 0 Å². The van der Waals surface area contributed by atoms with Gasteiger partial charge in [0.1, 0.15) is 12.6 Å². The molecular formula is C17H28N4O4. The van der Waals surface area contributed by atoms with E-state index in [0.717, 1.165) is 12.8 Å². The average molecular weight is 352 g/mol. The molecule has 0 spiro atoms. The summed E-state index contributed by atoms with van der Waals surface area (Å²) in [6, 6.07) is -1.08. The predicted octanol–water partition coefficient (Wildman–Crippen LogP) is 0.121. The van der Waals surface area contributed by atoms with Gasteiger partial charge in [-0.25, -0.2) is 4.99 Å². The van der Waals surface area contributed by atoms with Crippen LogP contribution in [0, 0.1) is 0 Å². The van der Waals surface area contributed by atoms with E-state index in [9.17, 15) is 14.4 Å². The summed E-state index contributed by atoms with van der Waals surface area (Å²) < 4.78 is 5.25. The monoisotopic (exact) mass is 352 g/mol. The maximum absolute atomic E-state index is 12.7. The Morgan fingerprint density at radius 3 is 2.60 bits per heavy atom. The molecule has 0 aromatic heterocycles. The summed E-state index contributed by atoms with van der Waals surface area (Å²) >= 11 is 0. The fourth-order valence-corrected chi connectivity index (χ4v) is 3.21. The Bertz CT molecular complexity index is 563. The number of rotatable bonds is 6. The number of nitrogens with zero attached hydrogens (tertiary/aromatic N) is 4. The number of aliphatic imine (C=N–C) groups is 1. The Morgan fingerprint density at radius 2 is 2.00 bits per heavy atom. The van der Waals surface area contributed by atoms with E-state index in [0.29, 0.717) is 25.4 Å². The van der Waals surface area contributed by atoms with Crippen LogP contribution in [0.1, 0.15) is 33.1 Å². The zero-order chi connectivity index (χ0) is 18.6. The lowest BCUT2D eigenvalue weighted by Crippen LogP contribution is -2.51. The molecule has 2 aliphatic rings. The van der Waals surface area contributed by atoms with Crippen LogP contribution in [0.25, 0.3) is 0 Å². The highest BCUT2D eigenvalue weighted by atomic mass is 16.5. The van der Waals surface area contributed by atoms with E-state index in [-0.39, 0.29) is 30.9 Å². The van der Waals surface area contributed by atoms with Crippen molar-refractivity contribution >= 4 is 23.6 Å². The minimum absolute atomic E-state index is 0.0255. The molecule has 1 saturated heterocycles. The molecule has 0 bridgehead atoms. The largest absolute Gasteiger partial charge is 0.478 e. The van der Waals surface area contributed by atoms with Gasteiger partial charge in [0, 0.05) is 34.1 Å². The Kier molecular flexibility index (Phi) is 6.39. The Balaban J connectivity index is 1.97. The molecule has 0 aliphatic carbocycles. The van der Waals surface area contributed by atoms with Gasteiger partial charge >= 0.3 is 0 Å². The van der Waals surface area contributed by atoms with Crippen molar-refractivity contribution in [2.45, 2.75) is 45.2 Å². The first-order chi connectivity index (χ1) is 11.8. The molecule has 2 heterocycles. The molecule has 0 saturated carbocycles.